The van der Waals surface area contributed by atoms with E-state index in [9.17, 15) is 14.7 Å². The summed E-state index contributed by atoms with van der Waals surface area (Å²) in [5.41, 5.74) is 4.70. The van der Waals surface area contributed by atoms with Crippen molar-refractivity contribution in [3.63, 3.8) is 0 Å². The average Bonchev–Trinajstić information content (AvgIpc) is 3.14. The van der Waals surface area contributed by atoms with E-state index in [4.69, 9.17) is 11.6 Å². The summed E-state index contributed by atoms with van der Waals surface area (Å²) in [5.74, 6) is 0.0768. The lowest BCUT2D eigenvalue weighted by molar-refractivity contribution is -0.268. The van der Waals surface area contributed by atoms with Crippen molar-refractivity contribution < 1.29 is 14.7 Å². The second-order valence-electron chi connectivity index (χ2n) is 7.49. The highest BCUT2D eigenvalue weighted by molar-refractivity contribution is 6.30. The molecule has 1 unspecified atom stereocenters. The van der Waals surface area contributed by atoms with E-state index in [0.29, 0.717) is 34.6 Å². The number of amidine groups is 1. The zero-order valence-electron chi connectivity index (χ0n) is 17.7. The summed E-state index contributed by atoms with van der Waals surface area (Å²) < 4.78 is 4.50. The summed E-state index contributed by atoms with van der Waals surface area (Å²) in [7, 11) is 3.01. The quantitative estimate of drug-likeness (QED) is 0.422. The summed E-state index contributed by atoms with van der Waals surface area (Å²) in [6.45, 7) is 2.03. The number of carbonyl (C=O) groups is 2. The first-order valence-electron chi connectivity index (χ1n) is 9.86. The lowest BCUT2D eigenvalue weighted by atomic mass is 10.1. The molecule has 10 heteroatoms. The predicted octanol–water partition coefficient (Wildman–Crippen LogP) is 0.957. The van der Waals surface area contributed by atoms with Crippen LogP contribution in [-0.4, -0.2) is 64.3 Å². The van der Waals surface area contributed by atoms with Crippen molar-refractivity contribution in [1.82, 2.24) is 24.8 Å². The Balaban J connectivity index is 1.69. The number of fused-ring (bicyclic) bond motifs is 1. The van der Waals surface area contributed by atoms with Crippen molar-refractivity contribution in [1.29, 1.82) is 0 Å². The Kier molecular flexibility index (Phi) is 5.61. The molecule has 1 N–H and O–H groups in total. The molecule has 3 amide bonds. The van der Waals surface area contributed by atoms with Gasteiger partial charge in [0.2, 0.25) is 6.04 Å². The average molecular weight is 453 g/mol. The number of nitrogens with zero attached hydrogens (tertiary/aromatic N) is 5. The molecule has 2 aromatic rings. The van der Waals surface area contributed by atoms with Gasteiger partial charge in [-0.05, 0) is 30.2 Å². The highest BCUT2D eigenvalue weighted by Gasteiger charge is 2.54. The number of guanidine groups is 1. The van der Waals surface area contributed by atoms with E-state index in [-0.39, 0.29) is 11.7 Å². The van der Waals surface area contributed by atoms with Crippen molar-refractivity contribution in [3.8, 4) is 5.75 Å². The van der Waals surface area contributed by atoms with Gasteiger partial charge in [0, 0.05) is 12.1 Å². The molecular weight excluding hydrogens is 432 g/mol. The van der Waals surface area contributed by atoms with Gasteiger partial charge in [-0.1, -0.05) is 53.7 Å². The van der Waals surface area contributed by atoms with Crippen LogP contribution in [0.4, 0.5) is 4.79 Å². The van der Waals surface area contributed by atoms with E-state index in [2.05, 4.69) is 15.2 Å². The van der Waals surface area contributed by atoms with E-state index in [1.165, 1.54) is 18.0 Å². The number of halogens is 1. The number of hydrogen-bond acceptors (Lipinski definition) is 6. The van der Waals surface area contributed by atoms with Crippen LogP contribution in [0, 0.1) is 0 Å². The van der Waals surface area contributed by atoms with Crippen molar-refractivity contribution in [2.75, 3.05) is 14.1 Å². The molecule has 0 aromatic heterocycles. The molecule has 1 atom stereocenters. The van der Waals surface area contributed by atoms with Gasteiger partial charge in [-0.3, -0.25) is 9.69 Å². The van der Waals surface area contributed by atoms with Crippen LogP contribution in [0.5, 0.6) is 5.75 Å². The van der Waals surface area contributed by atoms with E-state index < -0.39 is 12.1 Å². The van der Waals surface area contributed by atoms with Crippen LogP contribution in [0.1, 0.15) is 18.1 Å². The zero-order chi connectivity index (χ0) is 23.0. The second kappa shape index (κ2) is 8.37. The number of hydrazone groups is 1. The molecule has 0 aliphatic carbocycles. The summed E-state index contributed by atoms with van der Waals surface area (Å²) in [6, 6.07) is 12.6. The van der Waals surface area contributed by atoms with Crippen molar-refractivity contribution in [3.05, 3.63) is 64.7 Å². The van der Waals surface area contributed by atoms with Crippen LogP contribution in [0.25, 0.3) is 0 Å². The zero-order valence-corrected chi connectivity index (χ0v) is 18.5. The van der Waals surface area contributed by atoms with Crippen LogP contribution in [-0.2, 0) is 11.3 Å². The fourth-order valence-corrected chi connectivity index (χ4v) is 3.73. The van der Waals surface area contributed by atoms with Crippen molar-refractivity contribution >= 4 is 41.0 Å². The molecule has 4 rings (SSSR count). The standard InChI is InChI=1S/C22H21ClN6O3/c1-13(16-6-4-5-7-17(16)30)25-26-21-24-19-18(20(31)28(3)22(32)27(19)2)29(21)12-14-8-10-15(23)11-9-14/h4-11,18H,12H2,1-3H3,(H,25,30). The molecule has 0 spiro atoms. The molecule has 0 bridgehead atoms. The molecule has 2 heterocycles. The van der Waals surface area contributed by atoms with Crippen LogP contribution in [0.3, 0.4) is 0 Å². The number of para-hydroxylation sites is 1. The van der Waals surface area contributed by atoms with Gasteiger partial charge in [0.05, 0.1) is 19.3 Å². The number of carbonyl (C=O) groups excluding carboxylic acids is 2. The Labute approximate surface area is 189 Å². The molecule has 9 nitrogen and oxygen atoms in total. The van der Waals surface area contributed by atoms with Gasteiger partial charge in [-0.2, -0.15) is 5.43 Å². The Morgan fingerprint density at radius 1 is 1.12 bits per heavy atom. The molecule has 0 radical (unpaired) electrons. The van der Waals surface area contributed by atoms with Gasteiger partial charge in [-0.25, -0.2) is 19.3 Å². The van der Waals surface area contributed by atoms with E-state index in [1.807, 2.05) is 12.1 Å². The largest absolute Gasteiger partial charge is 0.872 e. The third-order valence-electron chi connectivity index (χ3n) is 5.40. The monoisotopic (exact) mass is 452 g/mol. The third kappa shape index (κ3) is 3.79. The van der Waals surface area contributed by atoms with Gasteiger partial charge >= 0.3 is 17.8 Å². The Hall–Kier alpha value is -3.81. The van der Waals surface area contributed by atoms with Crippen LogP contribution in [0.15, 0.2) is 53.6 Å². The smallest absolute Gasteiger partial charge is 0.421 e. The molecule has 2 aliphatic rings. The molecule has 2 aliphatic heterocycles. The van der Waals surface area contributed by atoms with E-state index in [1.54, 1.807) is 49.2 Å². The number of rotatable bonds is 4. The molecule has 0 saturated carbocycles. The molecule has 32 heavy (non-hydrogen) atoms. The van der Waals surface area contributed by atoms with E-state index in [0.717, 1.165) is 10.5 Å². The first kappa shape index (κ1) is 21.4. The van der Waals surface area contributed by atoms with Crippen molar-refractivity contribution in [2.45, 2.75) is 19.5 Å². The van der Waals surface area contributed by atoms with Gasteiger partial charge in [-0.15, -0.1) is 5.10 Å². The fourth-order valence-electron chi connectivity index (χ4n) is 3.60. The summed E-state index contributed by atoms with van der Waals surface area (Å²) >= 11 is 6.00. The lowest BCUT2D eigenvalue weighted by Gasteiger charge is -2.31. The summed E-state index contributed by atoms with van der Waals surface area (Å²) in [4.78, 5) is 29.5. The van der Waals surface area contributed by atoms with Crippen LogP contribution in [0.2, 0.25) is 5.02 Å². The molecule has 1 saturated heterocycles. The topological polar surface area (TPSA) is 105 Å². The molecule has 1 fully saturated rings. The number of urea groups is 1. The number of likely N-dealkylation sites (N-methyl/N-ethyl adjacent to an activating group) is 2. The predicted molar refractivity (Wildman–Crippen MR) is 120 cm³/mol. The molecule has 164 valence electrons. The SMILES string of the molecule is C/C(=N\NC1=[N+]=C2C(C(=O)N(C)C(=O)N2C)N1Cc1ccc(Cl)cc1)c1ccccc1[O-]. The number of imide groups is 1. The first-order valence-corrected chi connectivity index (χ1v) is 10.2. The first-order chi connectivity index (χ1) is 15.3. The second-order valence-corrected chi connectivity index (χ2v) is 7.93. The summed E-state index contributed by atoms with van der Waals surface area (Å²) in [6.07, 6.45) is 0. The Morgan fingerprint density at radius 3 is 2.50 bits per heavy atom. The fraction of sp³-hybridized carbons (Fsp3) is 0.227. The van der Waals surface area contributed by atoms with Gasteiger partial charge in [0.25, 0.3) is 5.91 Å². The number of benzene rings is 2. The van der Waals surface area contributed by atoms with Gasteiger partial charge in [0.15, 0.2) is 0 Å². The summed E-state index contributed by atoms with van der Waals surface area (Å²) in [5, 5.41) is 17.0. The Morgan fingerprint density at radius 2 is 1.81 bits per heavy atom. The minimum Gasteiger partial charge on any atom is -0.872 e. The van der Waals surface area contributed by atoms with Crippen molar-refractivity contribution in [2.24, 2.45) is 5.10 Å². The number of nitrogens with one attached hydrogen (secondary N) is 1. The molecule has 2 aromatic carbocycles. The van der Waals surface area contributed by atoms with Gasteiger partial charge < -0.3 is 5.11 Å². The maximum Gasteiger partial charge on any atom is 0.421 e. The minimum atomic E-state index is -0.789. The highest BCUT2D eigenvalue weighted by Crippen LogP contribution is 2.21. The number of amides is 3. The Bertz CT molecular complexity index is 1190. The maximum absolute atomic E-state index is 13.0. The lowest BCUT2D eigenvalue weighted by Crippen LogP contribution is -2.63. The van der Waals surface area contributed by atoms with E-state index >= 15 is 0 Å². The third-order valence-corrected chi connectivity index (χ3v) is 5.65. The minimum absolute atomic E-state index is 0.146. The highest BCUT2D eigenvalue weighted by atomic mass is 35.5. The van der Waals surface area contributed by atoms with Crippen LogP contribution < -0.4 is 15.2 Å². The maximum atomic E-state index is 13.0. The normalized spacial score (nSPS) is 18.6. The van der Waals surface area contributed by atoms with Crippen LogP contribution >= 0.6 is 11.6 Å². The number of hydrogen-bond donors (Lipinski definition) is 1. The van der Waals surface area contributed by atoms with Gasteiger partial charge in [0.1, 0.15) is 0 Å². The molecular formula is C22H21ClN6O3.